The molecule has 0 amide bonds. The van der Waals surface area contributed by atoms with E-state index in [4.69, 9.17) is 4.74 Å². The summed E-state index contributed by atoms with van der Waals surface area (Å²) < 4.78 is 9.46. The maximum atomic E-state index is 5.31. The van der Waals surface area contributed by atoms with Crippen LogP contribution in [0, 0.1) is 0 Å². The molecule has 2 aromatic rings. The zero-order valence-corrected chi connectivity index (χ0v) is 13.9. The standard InChI is InChI=1S/C16H23N3OS/c1-5-17-14(16-15(11(2)3)18-19-21-16)10-12-7-6-8-13(9-12)20-4/h6-9,11,14,17H,5,10H2,1-4H3. The van der Waals surface area contributed by atoms with E-state index in [1.54, 1.807) is 7.11 Å². The lowest BCUT2D eigenvalue weighted by atomic mass is 10.00. The molecule has 114 valence electrons. The molecule has 2 rings (SSSR count). The highest BCUT2D eigenvalue weighted by Gasteiger charge is 2.21. The fourth-order valence-electron chi connectivity index (χ4n) is 2.39. The third-order valence-corrected chi connectivity index (χ3v) is 4.28. The highest BCUT2D eigenvalue weighted by molar-refractivity contribution is 7.05. The maximum absolute atomic E-state index is 5.31. The number of hydrogen-bond donors (Lipinski definition) is 1. The molecule has 1 heterocycles. The molecule has 21 heavy (non-hydrogen) atoms. The van der Waals surface area contributed by atoms with E-state index in [2.05, 4.69) is 47.8 Å². The Hall–Kier alpha value is -1.46. The summed E-state index contributed by atoms with van der Waals surface area (Å²) >= 11 is 1.50. The third-order valence-electron chi connectivity index (χ3n) is 3.43. The zero-order chi connectivity index (χ0) is 15.2. The number of hydrogen-bond acceptors (Lipinski definition) is 5. The number of aromatic nitrogens is 2. The lowest BCUT2D eigenvalue weighted by Crippen LogP contribution is -2.23. The van der Waals surface area contributed by atoms with Gasteiger partial charge >= 0.3 is 0 Å². The van der Waals surface area contributed by atoms with Gasteiger partial charge in [0.15, 0.2) is 0 Å². The zero-order valence-electron chi connectivity index (χ0n) is 13.1. The van der Waals surface area contributed by atoms with Crippen molar-refractivity contribution in [1.82, 2.24) is 14.9 Å². The van der Waals surface area contributed by atoms with Gasteiger partial charge in [0.1, 0.15) is 5.75 Å². The average molecular weight is 305 g/mol. The second-order valence-electron chi connectivity index (χ2n) is 5.34. The minimum atomic E-state index is 0.250. The first kappa shape index (κ1) is 15.9. The average Bonchev–Trinajstić information content (AvgIpc) is 2.96. The van der Waals surface area contributed by atoms with Gasteiger partial charge in [-0.25, -0.2) is 0 Å². The Labute approximate surface area is 130 Å². The third kappa shape index (κ3) is 4.02. The molecule has 1 unspecified atom stereocenters. The molecule has 1 N–H and O–H groups in total. The van der Waals surface area contributed by atoms with Crippen LogP contribution < -0.4 is 10.1 Å². The normalized spacial score (nSPS) is 12.6. The fraction of sp³-hybridized carbons (Fsp3) is 0.500. The number of nitrogens with one attached hydrogen (secondary N) is 1. The Morgan fingerprint density at radius 1 is 1.33 bits per heavy atom. The molecule has 0 bridgehead atoms. The molecule has 0 aliphatic carbocycles. The molecule has 1 aromatic heterocycles. The lowest BCUT2D eigenvalue weighted by Gasteiger charge is -2.18. The minimum Gasteiger partial charge on any atom is -0.497 e. The van der Waals surface area contributed by atoms with Gasteiger partial charge in [0.2, 0.25) is 0 Å². The van der Waals surface area contributed by atoms with E-state index in [0.717, 1.165) is 24.4 Å². The predicted octanol–water partition coefficient (Wildman–Crippen LogP) is 3.56. The Morgan fingerprint density at radius 2 is 2.14 bits per heavy atom. The van der Waals surface area contributed by atoms with Crippen molar-refractivity contribution in [2.75, 3.05) is 13.7 Å². The largest absolute Gasteiger partial charge is 0.497 e. The Balaban J connectivity index is 2.24. The number of nitrogens with zero attached hydrogens (tertiary/aromatic N) is 2. The first-order valence-electron chi connectivity index (χ1n) is 7.34. The predicted molar refractivity (Wildman–Crippen MR) is 87.1 cm³/mol. The monoisotopic (exact) mass is 305 g/mol. The highest BCUT2D eigenvalue weighted by Crippen LogP contribution is 2.29. The lowest BCUT2D eigenvalue weighted by molar-refractivity contribution is 0.414. The summed E-state index contributed by atoms with van der Waals surface area (Å²) in [6.07, 6.45) is 0.911. The van der Waals surface area contributed by atoms with Crippen LogP contribution in [0.4, 0.5) is 0 Å². The molecule has 1 aromatic carbocycles. The summed E-state index contributed by atoms with van der Waals surface area (Å²) in [6, 6.07) is 8.48. The molecular formula is C16H23N3OS. The molecule has 0 spiro atoms. The van der Waals surface area contributed by atoms with Crippen LogP contribution in [0.1, 0.15) is 48.9 Å². The second-order valence-corrected chi connectivity index (χ2v) is 6.13. The number of methoxy groups -OCH3 is 1. The van der Waals surface area contributed by atoms with Crippen LogP contribution in [-0.2, 0) is 6.42 Å². The van der Waals surface area contributed by atoms with E-state index >= 15 is 0 Å². The molecule has 0 aliphatic rings. The number of likely N-dealkylation sites (N-methyl/N-ethyl adjacent to an activating group) is 1. The molecule has 0 fully saturated rings. The van der Waals surface area contributed by atoms with Crippen molar-refractivity contribution in [2.45, 2.75) is 39.2 Å². The topological polar surface area (TPSA) is 47.0 Å². The minimum absolute atomic E-state index is 0.250. The summed E-state index contributed by atoms with van der Waals surface area (Å²) in [4.78, 5) is 1.25. The Bertz CT molecular complexity index is 568. The first-order chi connectivity index (χ1) is 10.2. The van der Waals surface area contributed by atoms with Crippen molar-refractivity contribution in [1.29, 1.82) is 0 Å². The van der Waals surface area contributed by atoms with Gasteiger partial charge < -0.3 is 10.1 Å². The summed E-state index contributed by atoms with van der Waals surface area (Å²) in [7, 11) is 1.70. The van der Waals surface area contributed by atoms with Gasteiger partial charge in [-0.15, -0.1) is 5.10 Å². The fourth-order valence-corrected chi connectivity index (χ4v) is 3.27. The van der Waals surface area contributed by atoms with Gasteiger partial charge in [-0.2, -0.15) is 0 Å². The Kier molecular flexibility index (Phi) is 5.70. The maximum Gasteiger partial charge on any atom is 0.119 e. The van der Waals surface area contributed by atoms with Crippen molar-refractivity contribution >= 4 is 11.5 Å². The van der Waals surface area contributed by atoms with Crippen LogP contribution in [0.5, 0.6) is 5.75 Å². The number of benzene rings is 1. The summed E-state index contributed by atoms with van der Waals surface area (Å²) in [6.45, 7) is 7.37. The van der Waals surface area contributed by atoms with Crippen molar-refractivity contribution < 1.29 is 4.74 Å². The molecule has 4 nitrogen and oxygen atoms in total. The van der Waals surface area contributed by atoms with Gasteiger partial charge in [0.25, 0.3) is 0 Å². The van der Waals surface area contributed by atoms with E-state index in [0.29, 0.717) is 5.92 Å². The Morgan fingerprint density at radius 3 is 2.81 bits per heavy atom. The van der Waals surface area contributed by atoms with E-state index in [1.165, 1.54) is 22.0 Å². The van der Waals surface area contributed by atoms with Crippen LogP contribution in [0.15, 0.2) is 24.3 Å². The van der Waals surface area contributed by atoms with Gasteiger partial charge in [0.05, 0.1) is 17.7 Å². The smallest absolute Gasteiger partial charge is 0.119 e. The quantitative estimate of drug-likeness (QED) is 0.849. The molecule has 0 aliphatic heterocycles. The van der Waals surface area contributed by atoms with Gasteiger partial charge in [-0.05, 0) is 48.1 Å². The van der Waals surface area contributed by atoms with Crippen molar-refractivity contribution in [3.05, 3.63) is 40.4 Å². The van der Waals surface area contributed by atoms with Crippen LogP contribution in [-0.4, -0.2) is 23.2 Å². The van der Waals surface area contributed by atoms with Crippen LogP contribution in [0.25, 0.3) is 0 Å². The SMILES string of the molecule is CCNC(Cc1cccc(OC)c1)c1snnc1C(C)C. The molecule has 0 saturated heterocycles. The van der Waals surface area contributed by atoms with Gasteiger partial charge in [-0.3, -0.25) is 0 Å². The van der Waals surface area contributed by atoms with Crippen LogP contribution in [0.3, 0.4) is 0 Å². The van der Waals surface area contributed by atoms with Gasteiger partial charge in [-0.1, -0.05) is 37.4 Å². The highest BCUT2D eigenvalue weighted by atomic mass is 32.1. The summed E-state index contributed by atoms with van der Waals surface area (Å²) in [5.41, 5.74) is 2.36. The van der Waals surface area contributed by atoms with Crippen molar-refractivity contribution in [3.63, 3.8) is 0 Å². The summed E-state index contributed by atoms with van der Waals surface area (Å²) in [5.74, 6) is 1.29. The van der Waals surface area contributed by atoms with Crippen molar-refractivity contribution in [2.24, 2.45) is 0 Å². The van der Waals surface area contributed by atoms with E-state index in [-0.39, 0.29) is 6.04 Å². The molecule has 0 saturated carbocycles. The molecular weight excluding hydrogens is 282 g/mol. The van der Waals surface area contributed by atoms with Crippen LogP contribution >= 0.6 is 11.5 Å². The molecule has 0 radical (unpaired) electrons. The van der Waals surface area contributed by atoms with E-state index < -0.39 is 0 Å². The van der Waals surface area contributed by atoms with Crippen LogP contribution in [0.2, 0.25) is 0 Å². The number of rotatable bonds is 7. The van der Waals surface area contributed by atoms with E-state index in [9.17, 15) is 0 Å². The number of ether oxygens (including phenoxy) is 1. The summed E-state index contributed by atoms with van der Waals surface area (Å²) in [5, 5.41) is 7.85. The first-order valence-corrected chi connectivity index (χ1v) is 8.11. The second kappa shape index (κ2) is 7.52. The van der Waals surface area contributed by atoms with Crippen molar-refractivity contribution in [3.8, 4) is 5.75 Å². The molecule has 1 atom stereocenters. The molecule has 5 heteroatoms. The van der Waals surface area contributed by atoms with E-state index in [1.807, 2.05) is 12.1 Å². The van der Waals surface area contributed by atoms with Gasteiger partial charge in [0, 0.05) is 6.04 Å².